The van der Waals surface area contributed by atoms with E-state index >= 15 is 0 Å². The number of unbranched alkanes of at least 4 members (excludes halogenated alkanes) is 28. The molecule has 3 N–H and O–H groups in total. The number of hydrogen-bond acceptors (Lipinski definition) is 15. The number of aliphatic hydroxyl groups is 1. The first-order valence-corrected chi connectivity index (χ1v) is 35.9. The van der Waals surface area contributed by atoms with Crippen LogP contribution in [-0.4, -0.2) is 96.7 Å². The van der Waals surface area contributed by atoms with E-state index < -0.39 is 97.5 Å². The second-order valence-electron chi connectivity index (χ2n) is 24.0. The Kier molecular flexibility index (Phi) is 53.2. The van der Waals surface area contributed by atoms with Gasteiger partial charge in [-0.1, -0.05) is 254 Å². The van der Waals surface area contributed by atoms with E-state index in [1.165, 1.54) is 103 Å². The van der Waals surface area contributed by atoms with Crippen LogP contribution in [0.3, 0.4) is 0 Å². The molecule has 0 fully saturated rings. The minimum atomic E-state index is -4.94. The molecule has 0 heterocycles. The van der Waals surface area contributed by atoms with Crippen LogP contribution in [0.4, 0.5) is 0 Å². The summed E-state index contributed by atoms with van der Waals surface area (Å²) >= 11 is 0. The second-order valence-corrected chi connectivity index (χ2v) is 26.9. The number of ether oxygens (including phenoxy) is 4. The van der Waals surface area contributed by atoms with E-state index in [1.54, 1.807) is 0 Å². The smallest absolute Gasteiger partial charge is 0.462 e. The Balaban J connectivity index is 5.25. The van der Waals surface area contributed by atoms with Crippen LogP contribution in [0, 0.1) is 17.8 Å². The van der Waals surface area contributed by atoms with Crippen LogP contribution in [0.25, 0.3) is 0 Å². The number of phosphoric acid groups is 2. The summed E-state index contributed by atoms with van der Waals surface area (Å²) < 4.78 is 67.9. The average Bonchev–Trinajstić information content (AvgIpc) is 3.45. The summed E-state index contributed by atoms with van der Waals surface area (Å²) in [6.45, 7) is 11.6. The minimum Gasteiger partial charge on any atom is -0.462 e. The molecule has 3 unspecified atom stereocenters. The van der Waals surface area contributed by atoms with Crippen molar-refractivity contribution in [3.63, 3.8) is 0 Å². The summed E-state index contributed by atoms with van der Waals surface area (Å²) in [6.07, 6.45) is 35.0. The number of esters is 4. The maximum atomic E-state index is 13.0. The zero-order valence-corrected chi connectivity index (χ0v) is 54.7. The van der Waals surface area contributed by atoms with Crippen molar-refractivity contribution in [2.45, 2.75) is 324 Å². The van der Waals surface area contributed by atoms with Gasteiger partial charge in [0.25, 0.3) is 0 Å². The van der Waals surface area contributed by atoms with Crippen molar-refractivity contribution < 1.29 is 80.2 Å². The third-order valence-corrected chi connectivity index (χ3v) is 16.6. The normalized spacial score (nSPS) is 14.7. The molecule has 0 aromatic rings. The van der Waals surface area contributed by atoms with E-state index in [4.69, 9.17) is 37.0 Å². The van der Waals surface area contributed by atoms with Crippen LogP contribution in [0.5, 0.6) is 0 Å². The van der Waals surface area contributed by atoms with Gasteiger partial charge in [-0.15, -0.1) is 0 Å². The van der Waals surface area contributed by atoms with Gasteiger partial charge in [0.1, 0.15) is 19.3 Å². The van der Waals surface area contributed by atoms with E-state index in [2.05, 4.69) is 48.5 Å². The molecule has 6 atom stereocenters. The monoisotopic (exact) mass is 1210 g/mol. The molecule has 0 spiro atoms. The molecule has 17 nitrogen and oxygen atoms in total. The van der Waals surface area contributed by atoms with Gasteiger partial charge in [0.2, 0.25) is 0 Å². The molecule has 0 radical (unpaired) electrons. The van der Waals surface area contributed by atoms with Crippen LogP contribution < -0.4 is 0 Å². The molecule has 0 amide bonds. The van der Waals surface area contributed by atoms with Crippen molar-refractivity contribution in [3.8, 4) is 0 Å². The molecule has 486 valence electrons. The zero-order chi connectivity index (χ0) is 61.0. The van der Waals surface area contributed by atoms with E-state index in [9.17, 15) is 43.2 Å². The number of rotatable bonds is 61. The predicted octanol–water partition coefficient (Wildman–Crippen LogP) is 17.1. The molecule has 0 aromatic heterocycles. The van der Waals surface area contributed by atoms with Crippen LogP contribution in [0.2, 0.25) is 0 Å². The summed E-state index contributed by atoms with van der Waals surface area (Å²) in [7, 11) is -9.89. The molecule has 0 aliphatic heterocycles. The van der Waals surface area contributed by atoms with E-state index in [0.29, 0.717) is 37.5 Å². The summed E-state index contributed by atoms with van der Waals surface area (Å²) in [5.74, 6) is -0.00797. The highest BCUT2D eigenvalue weighted by Crippen LogP contribution is 2.45. The molecule has 0 aliphatic carbocycles. The van der Waals surface area contributed by atoms with Crippen LogP contribution >= 0.6 is 15.6 Å². The van der Waals surface area contributed by atoms with Crippen molar-refractivity contribution in [2.24, 2.45) is 17.8 Å². The van der Waals surface area contributed by atoms with Gasteiger partial charge in [0.05, 0.1) is 26.4 Å². The summed E-state index contributed by atoms with van der Waals surface area (Å²) in [6, 6.07) is 0. The lowest BCUT2D eigenvalue weighted by Gasteiger charge is -2.21. The molecule has 0 aromatic carbocycles. The van der Waals surface area contributed by atoms with Crippen molar-refractivity contribution in [2.75, 3.05) is 39.6 Å². The minimum absolute atomic E-state index is 0.102. The highest BCUT2D eigenvalue weighted by atomic mass is 31.2. The Morgan fingerprint density at radius 2 is 0.622 bits per heavy atom. The molecule has 0 aliphatic rings. The second kappa shape index (κ2) is 54.5. The number of carbonyl (C=O) groups excluding carboxylic acids is 4. The van der Waals surface area contributed by atoms with Crippen LogP contribution in [0.15, 0.2) is 0 Å². The van der Waals surface area contributed by atoms with Gasteiger partial charge in [0.15, 0.2) is 12.2 Å². The molecule has 82 heavy (non-hydrogen) atoms. The van der Waals surface area contributed by atoms with Crippen molar-refractivity contribution in [1.82, 2.24) is 0 Å². The maximum Gasteiger partial charge on any atom is 0.472 e. The largest absolute Gasteiger partial charge is 0.472 e. The number of aliphatic hydroxyl groups excluding tert-OH is 1. The first kappa shape index (κ1) is 80.1. The van der Waals surface area contributed by atoms with Gasteiger partial charge in [-0.3, -0.25) is 37.3 Å². The maximum absolute atomic E-state index is 13.0. The summed E-state index contributed by atoms with van der Waals surface area (Å²) in [5.41, 5.74) is 0. The van der Waals surface area contributed by atoms with Gasteiger partial charge in [-0.25, -0.2) is 9.13 Å². The molecule has 19 heteroatoms. The average molecular weight is 1210 g/mol. The number of hydrogen-bond donors (Lipinski definition) is 3. The fourth-order valence-electron chi connectivity index (χ4n) is 9.27. The highest BCUT2D eigenvalue weighted by Gasteiger charge is 2.30. The lowest BCUT2D eigenvalue weighted by atomic mass is 10.00. The Labute approximate surface area is 498 Å². The fourth-order valence-corrected chi connectivity index (χ4v) is 10.9. The number of carbonyl (C=O) groups is 4. The van der Waals surface area contributed by atoms with Crippen LogP contribution in [0.1, 0.15) is 305 Å². The van der Waals surface area contributed by atoms with Crippen molar-refractivity contribution in [1.29, 1.82) is 0 Å². The van der Waals surface area contributed by atoms with Gasteiger partial charge in [-0.2, -0.15) is 0 Å². The summed E-state index contributed by atoms with van der Waals surface area (Å²) in [5, 5.41) is 10.5. The third kappa shape index (κ3) is 55.9. The predicted molar refractivity (Wildman–Crippen MR) is 326 cm³/mol. The Hall–Kier alpha value is -1.94. The van der Waals surface area contributed by atoms with E-state index in [-0.39, 0.29) is 25.7 Å². The molecular weight excluding hydrogens is 1090 g/mol. The van der Waals surface area contributed by atoms with Crippen molar-refractivity contribution >= 4 is 39.5 Å². The SMILES string of the molecule is CCCCCCCCCCCCCCC(=O)O[C@H](COC(=O)CCCCCCCCCC(C)C)COP(=O)(O)OC[C@@H](O)COP(=O)(O)OC[C@@H](COC(=O)CCCCCCCCC(C)CC)OC(=O)CCCCCCCCCC(C)C. The molecule has 0 saturated heterocycles. The van der Waals surface area contributed by atoms with E-state index in [0.717, 1.165) is 109 Å². The summed E-state index contributed by atoms with van der Waals surface area (Å²) in [4.78, 5) is 72.1. The van der Waals surface area contributed by atoms with Gasteiger partial charge in [0, 0.05) is 25.7 Å². The zero-order valence-electron chi connectivity index (χ0n) is 52.9. The lowest BCUT2D eigenvalue weighted by molar-refractivity contribution is -0.161. The first-order valence-electron chi connectivity index (χ1n) is 32.9. The molecular formula is C63H122O17P2. The topological polar surface area (TPSA) is 237 Å². The van der Waals surface area contributed by atoms with Gasteiger partial charge >= 0.3 is 39.5 Å². The van der Waals surface area contributed by atoms with E-state index in [1.807, 2.05) is 0 Å². The third-order valence-electron chi connectivity index (χ3n) is 14.7. The standard InChI is InChI=1S/C63H122O17P2/c1-8-10-11-12-13-14-15-16-17-22-32-39-46-62(67)79-58(50-73-60(65)44-37-30-23-18-20-27-34-41-54(3)4)52-77-81(69,70)75-48-57(64)49-76-82(71,72)78-53-59(80-63(68)47-40-33-24-19-21-28-35-42-55(5)6)51-74-61(66)45-38-31-26-25-29-36-43-56(7)9-2/h54-59,64H,8-53H2,1-7H3,(H,69,70)(H,71,72)/t56?,57-,58-,59-/m1/s1. The fraction of sp³-hybridized carbons (Fsp3) is 0.937. The highest BCUT2D eigenvalue weighted by molar-refractivity contribution is 7.47. The molecule has 0 rings (SSSR count). The van der Waals surface area contributed by atoms with Gasteiger partial charge in [-0.05, 0) is 43.4 Å². The quantitative estimate of drug-likeness (QED) is 0.0222. The Bertz CT molecular complexity index is 1630. The molecule has 0 saturated carbocycles. The Morgan fingerprint density at radius 3 is 0.927 bits per heavy atom. The van der Waals surface area contributed by atoms with Crippen LogP contribution in [-0.2, 0) is 65.4 Å². The molecule has 0 bridgehead atoms. The first-order chi connectivity index (χ1) is 39.3. The lowest BCUT2D eigenvalue weighted by Crippen LogP contribution is -2.30. The number of phosphoric ester groups is 2. The van der Waals surface area contributed by atoms with Crippen molar-refractivity contribution in [3.05, 3.63) is 0 Å². The van der Waals surface area contributed by atoms with Gasteiger partial charge < -0.3 is 33.8 Å². The Morgan fingerprint density at radius 1 is 0.354 bits per heavy atom.